The van der Waals surface area contributed by atoms with Crippen molar-refractivity contribution >= 4 is 17.8 Å². The van der Waals surface area contributed by atoms with Gasteiger partial charge < -0.3 is 14.9 Å². The van der Waals surface area contributed by atoms with E-state index in [9.17, 15) is 18.8 Å². The van der Waals surface area contributed by atoms with Crippen LogP contribution in [0.5, 0.6) is 0 Å². The number of likely N-dealkylation sites (tertiary alicyclic amines) is 2. The molecule has 2 unspecified atom stereocenters. The van der Waals surface area contributed by atoms with Gasteiger partial charge >= 0.3 is 5.97 Å². The third-order valence-corrected chi connectivity index (χ3v) is 4.33. The molecule has 0 bridgehead atoms. The van der Waals surface area contributed by atoms with E-state index < -0.39 is 24.2 Å². The zero-order valence-corrected chi connectivity index (χ0v) is 12.2. The molecule has 0 aromatic rings. The lowest BCUT2D eigenvalue weighted by Gasteiger charge is -2.36. The van der Waals surface area contributed by atoms with Gasteiger partial charge in [0, 0.05) is 25.9 Å². The first-order chi connectivity index (χ1) is 9.89. The average molecular weight is 300 g/mol. The normalized spacial score (nSPS) is 29.5. The molecule has 2 saturated heterocycles. The third kappa shape index (κ3) is 3.01. The molecule has 1 N–H and O–H groups in total. The Labute approximate surface area is 122 Å². The van der Waals surface area contributed by atoms with E-state index >= 15 is 0 Å². The van der Waals surface area contributed by atoms with E-state index in [0.29, 0.717) is 19.4 Å². The maximum absolute atomic E-state index is 14.1. The molecule has 2 rings (SSSR count). The summed E-state index contributed by atoms with van der Waals surface area (Å²) in [5.41, 5.74) is -2.36. The highest BCUT2D eigenvalue weighted by atomic mass is 19.1. The minimum Gasteiger partial charge on any atom is -0.479 e. The Bertz CT molecular complexity index is 456. The Hall–Kier alpha value is -1.66. The minimum atomic E-state index is -2.36. The highest BCUT2D eigenvalue weighted by Crippen LogP contribution is 2.28. The number of carbonyl (C=O) groups is 3. The lowest BCUT2D eigenvalue weighted by Crippen LogP contribution is -2.53. The Morgan fingerprint density at radius 1 is 1.29 bits per heavy atom. The molecule has 2 aliphatic rings. The van der Waals surface area contributed by atoms with Crippen LogP contribution >= 0.6 is 0 Å². The second-order valence-corrected chi connectivity index (χ2v) is 5.73. The molecule has 0 aliphatic carbocycles. The van der Waals surface area contributed by atoms with Gasteiger partial charge in [-0.25, -0.2) is 9.18 Å². The molecule has 6 nitrogen and oxygen atoms in total. The van der Waals surface area contributed by atoms with Crippen LogP contribution in [-0.4, -0.2) is 64.0 Å². The van der Waals surface area contributed by atoms with Gasteiger partial charge in [-0.2, -0.15) is 0 Å². The van der Waals surface area contributed by atoms with Gasteiger partial charge in [0.25, 0.3) is 0 Å². The molecule has 21 heavy (non-hydrogen) atoms. The van der Waals surface area contributed by atoms with Gasteiger partial charge in [0.05, 0.1) is 6.54 Å². The average Bonchev–Trinajstić information content (AvgIpc) is 2.89. The molecule has 118 valence electrons. The second kappa shape index (κ2) is 5.99. The fourth-order valence-electron chi connectivity index (χ4n) is 3.04. The molecule has 0 spiro atoms. The number of aliphatic carboxylic acids is 1. The highest BCUT2D eigenvalue weighted by molar-refractivity contribution is 5.89. The number of piperidine rings is 1. The van der Waals surface area contributed by atoms with Gasteiger partial charge in [-0.3, -0.25) is 9.59 Å². The van der Waals surface area contributed by atoms with Gasteiger partial charge in [0.1, 0.15) is 6.04 Å². The molecule has 0 radical (unpaired) electrons. The van der Waals surface area contributed by atoms with Crippen molar-refractivity contribution in [2.45, 2.75) is 50.7 Å². The van der Waals surface area contributed by atoms with Crippen molar-refractivity contribution in [1.29, 1.82) is 0 Å². The van der Waals surface area contributed by atoms with Crippen molar-refractivity contribution in [2.75, 3.05) is 19.6 Å². The Morgan fingerprint density at radius 3 is 2.57 bits per heavy atom. The summed E-state index contributed by atoms with van der Waals surface area (Å²) in [6.07, 6.45) is 2.40. The van der Waals surface area contributed by atoms with E-state index in [1.54, 1.807) is 11.8 Å². The molecule has 7 heteroatoms. The Kier molecular flexibility index (Phi) is 4.49. The van der Waals surface area contributed by atoms with Gasteiger partial charge in [0.15, 0.2) is 0 Å². The standard InChI is InChI=1S/C14H21FN2O4/c1-2-11(18)17-7-4-3-5-10(17)12(19)16-8-6-14(15,9-16)13(20)21/h10H,2-9H2,1H3,(H,20,21). The largest absolute Gasteiger partial charge is 0.479 e. The summed E-state index contributed by atoms with van der Waals surface area (Å²) in [5, 5.41) is 8.88. The predicted octanol–water partition coefficient (Wildman–Crippen LogP) is 0.803. The number of rotatable bonds is 3. The van der Waals surface area contributed by atoms with Crippen LogP contribution in [0, 0.1) is 0 Å². The van der Waals surface area contributed by atoms with E-state index in [-0.39, 0.29) is 24.8 Å². The zero-order valence-electron chi connectivity index (χ0n) is 12.2. The van der Waals surface area contributed by atoms with E-state index in [1.165, 1.54) is 4.90 Å². The quantitative estimate of drug-likeness (QED) is 0.836. The molecule has 2 amide bonds. The molecular formula is C14H21FN2O4. The number of halogens is 1. The van der Waals surface area contributed by atoms with Crippen molar-refractivity contribution in [1.82, 2.24) is 9.80 Å². The molecule has 0 saturated carbocycles. The summed E-state index contributed by atoms with van der Waals surface area (Å²) in [4.78, 5) is 38.2. The van der Waals surface area contributed by atoms with Crippen LogP contribution in [0.4, 0.5) is 4.39 Å². The Morgan fingerprint density at radius 2 is 2.00 bits per heavy atom. The van der Waals surface area contributed by atoms with E-state index in [2.05, 4.69) is 0 Å². The van der Waals surface area contributed by atoms with E-state index in [4.69, 9.17) is 5.11 Å². The van der Waals surface area contributed by atoms with Crippen molar-refractivity contribution < 1.29 is 23.9 Å². The van der Waals surface area contributed by atoms with Crippen LogP contribution in [0.15, 0.2) is 0 Å². The summed E-state index contributed by atoms with van der Waals surface area (Å²) in [5.74, 6) is -1.93. The van der Waals surface area contributed by atoms with Gasteiger partial charge in [-0.15, -0.1) is 0 Å². The van der Waals surface area contributed by atoms with Crippen molar-refractivity contribution in [3.05, 3.63) is 0 Å². The molecule has 2 aliphatic heterocycles. The number of carboxylic acids is 1. The highest BCUT2D eigenvalue weighted by Gasteiger charge is 2.48. The third-order valence-electron chi connectivity index (χ3n) is 4.33. The predicted molar refractivity (Wildman–Crippen MR) is 72.3 cm³/mol. The smallest absolute Gasteiger partial charge is 0.343 e. The SMILES string of the molecule is CCC(=O)N1CCCCC1C(=O)N1CCC(F)(C(=O)O)C1. The van der Waals surface area contributed by atoms with E-state index in [1.807, 2.05) is 0 Å². The molecule has 2 atom stereocenters. The number of alkyl halides is 1. The van der Waals surface area contributed by atoms with Crippen LogP contribution < -0.4 is 0 Å². The topological polar surface area (TPSA) is 77.9 Å². The molecule has 2 heterocycles. The lowest BCUT2D eigenvalue weighted by molar-refractivity contribution is -0.152. The van der Waals surface area contributed by atoms with Crippen LogP contribution in [0.1, 0.15) is 39.0 Å². The first-order valence-electron chi connectivity index (χ1n) is 7.39. The van der Waals surface area contributed by atoms with Gasteiger partial charge in [-0.1, -0.05) is 6.92 Å². The summed E-state index contributed by atoms with van der Waals surface area (Å²) in [6, 6.07) is -0.567. The second-order valence-electron chi connectivity index (χ2n) is 5.73. The molecular weight excluding hydrogens is 279 g/mol. The number of nitrogens with zero attached hydrogens (tertiary/aromatic N) is 2. The van der Waals surface area contributed by atoms with Crippen LogP contribution in [0.3, 0.4) is 0 Å². The first kappa shape index (κ1) is 15.7. The number of hydrogen-bond acceptors (Lipinski definition) is 3. The summed E-state index contributed by atoms with van der Waals surface area (Å²) in [7, 11) is 0. The van der Waals surface area contributed by atoms with Crippen molar-refractivity contribution in [2.24, 2.45) is 0 Å². The molecule has 0 aromatic carbocycles. The lowest BCUT2D eigenvalue weighted by atomic mass is 10.0. The fourth-order valence-corrected chi connectivity index (χ4v) is 3.04. The zero-order chi connectivity index (χ0) is 15.6. The van der Waals surface area contributed by atoms with Gasteiger partial charge in [0.2, 0.25) is 17.5 Å². The fraction of sp³-hybridized carbons (Fsp3) is 0.786. The summed E-state index contributed by atoms with van der Waals surface area (Å²) < 4.78 is 14.1. The maximum Gasteiger partial charge on any atom is 0.343 e. The van der Waals surface area contributed by atoms with Crippen molar-refractivity contribution in [3.63, 3.8) is 0 Å². The number of hydrogen-bond donors (Lipinski definition) is 1. The van der Waals surface area contributed by atoms with Crippen LogP contribution in [0.2, 0.25) is 0 Å². The Balaban J connectivity index is 2.08. The number of carbonyl (C=O) groups excluding carboxylic acids is 2. The molecule has 2 fully saturated rings. The number of carboxylic acid groups (broad SMARTS) is 1. The monoisotopic (exact) mass is 300 g/mol. The molecule has 0 aromatic heterocycles. The summed E-state index contributed by atoms with van der Waals surface area (Å²) in [6.45, 7) is 1.94. The van der Waals surface area contributed by atoms with Crippen LogP contribution in [-0.2, 0) is 14.4 Å². The van der Waals surface area contributed by atoms with Crippen LogP contribution in [0.25, 0.3) is 0 Å². The summed E-state index contributed by atoms with van der Waals surface area (Å²) >= 11 is 0. The number of amides is 2. The van der Waals surface area contributed by atoms with Gasteiger partial charge in [-0.05, 0) is 19.3 Å². The van der Waals surface area contributed by atoms with E-state index in [0.717, 1.165) is 12.8 Å². The maximum atomic E-state index is 14.1. The minimum absolute atomic E-state index is 0.0861. The van der Waals surface area contributed by atoms with Crippen molar-refractivity contribution in [3.8, 4) is 0 Å². The first-order valence-corrected chi connectivity index (χ1v) is 7.39.